The van der Waals surface area contributed by atoms with Crippen LogP contribution in [0.4, 0.5) is 8.87 Å². The van der Waals surface area contributed by atoms with Gasteiger partial charge in [0.25, 0.3) is 0 Å². The Labute approximate surface area is 239 Å². The zero-order chi connectivity index (χ0) is 28.7. The third-order valence-corrected chi connectivity index (χ3v) is 8.98. The Morgan fingerprint density at radius 1 is 1.17 bits per heavy atom. The van der Waals surface area contributed by atoms with E-state index in [-0.39, 0.29) is 37.7 Å². The van der Waals surface area contributed by atoms with Crippen LogP contribution in [0.25, 0.3) is 22.0 Å². The topological polar surface area (TPSA) is 61.8 Å². The second-order valence-electron chi connectivity index (χ2n) is 11.6. The van der Waals surface area contributed by atoms with E-state index in [1.807, 2.05) is 24.1 Å². The van der Waals surface area contributed by atoms with Gasteiger partial charge in [-0.3, -0.25) is 9.69 Å². The van der Waals surface area contributed by atoms with Crippen molar-refractivity contribution < 1.29 is 18.4 Å². The number of likely N-dealkylation sites (tertiary alicyclic amines) is 1. The van der Waals surface area contributed by atoms with Crippen LogP contribution in [0.1, 0.15) is 49.0 Å². The first-order valence-electron chi connectivity index (χ1n) is 14.6. The lowest BCUT2D eigenvalue weighted by Crippen LogP contribution is -2.52. The highest BCUT2D eigenvalue weighted by molar-refractivity contribution is 5.90. The fourth-order valence-corrected chi connectivity index (χ4v) is 6.72. The molecule has 2 saturated heterocycles. The summed E-state index contributed by atoms with van der Waals surface area (Å²) in [5.74, 6) is -0.279. The molecule has 0 bridgehead atoms. The molecule has 1 amide bonds. The Hall–Kier alpha value is -3.43. The van der Waals surface area contributed by atoms with Crippen molar-refractivity contribution in [1.82, 2.24) is 24.9 Å². The van der Waals surface area contributed by atoms with Gasteiger partial charge in [0.15, 0.2) is 0 Å². The number of halogens is 2. The van der Waals surface area contributed by atoms with E-state index in [9.17, 15) is 13.7 Å². The standard InChI is InChI=1S/C32H37F2N5O2/c1-4-29(40)38-14-15-39(34)20(2)31(38)30-27-13-12-22(26-11-7-9-21-8-5-6-10-25(21)26)16-28(27)35-32(36-30)41-19-24-17-23(33)18-37(24)3/h4,7,9,11-13,16,20,23-24,31H,1,5-6,8,10,14-15,17-19H2,2-3H3/t20?,23-,24+,31?/m1/s1. The minimum Gasteiger partial charge on any atom is -0.462 e. The highest BCUT2D eigenvalue weighted by Crippen LogP contribution is 2.38. The molecule has 0 saturated carbocycles. The van der Waals surface area contributed by atoms with E-state index in [0.29, 0.717) is 24.2 Å². The fraction of sp³-hybridized carbons (Fsp3) is 0.469. The summed E-state index contributed by atoms with van der Waals surface area (Å²) < 4.78 is 35.1. The number of amides is 1. The summed E-state index contributed by atoms with van der Waals surface area (Å²) in [6, 6.07) is 11.3. The van der Waals surface area contributed by atoms with Crippen LogP contribution in [0.2, 0.25) is 0 Å². The highest BCUT2D eigenvalue weighted by Gasteiger charge is 2.39. The van der Waals surface area contributed by atoms with Crippen LogP contribution in [0.3, 0.4) is 0 Å². The van der Waals surface area contributed by atoms with Gasteiger partial charge in [-0.2, -0.15) is 9.97 Å². The van der Waals surface area contributed by atoms with Crippen LogP contribution >= 0.6 is 0 Å². The van der Waals surface area contributed by atoms with Crippen LogP contribution in [-0.4, -0.2) is 82.3 Å². The molecule has 0 radical (unpaired) electrons. The summed E-state index contributed by atoms with van der Waals surface area (Å²) in [5, 5.41) is 1.49. The van der Waals surface area contributed by atoms with Crippen molar-refractivity contribution in [2.24, 2.45) is 0 Å². The van der Waals surface area contributed by atoms with Gasteiger partial charge in [0, 0.05) is 31.1 Å². The predicted molar refractivity (Wildman–Crippen MR) is 155 cm³/mol. The Bertz CT molecular complexity index is 1470. The summed E-state index contributed by atoms with van der Waals surface area (Å²) in [6.07, 6.45) is 5.26. The van der Waals surface area contributed by atoms with Crippen molar-refractivity contribution in [3.8, 4) is 17.1 Å². The molecule has 2 unspecified atom stereocenters. The molecule has 0 N–H and O–H groups in total. The van der Waals surface area contributed by atoms with Gasteiger partial charge in [-0.05, 0) is 80.5 Å². The van der Waals surface area contributed by atoms with Gasteiger partial charge in [-0.15, -0.1) is 9.60 Å². The Balaban J connectivity index is 1.46. The number of fused-ring (bicyclic) bond motifs is 2. The maximum atomic E-state index is 15.0. The number of carbonyl (C=O) groups is 1. The number of carbonyl (C=O) groups excluding carboxylic acids is 1. The first-order valence-corrected chi connectivity index (χ1v) is 14.6. The van der Waals surface area contributed by atoms with E-state index >= 15 is 0 Å². The van der Waals surface area contributed by atoms with Crippen molar-refractivity contribution in [3.05, 3.63) is 65.9 Å². The number of likely N-dealkylation sites (N-methyl/N-ethyl adjacent to an activating group) is 1. The summed E-state index contributed by atoms with van der Waals surface area (Å²) in [5.41, 5.74) is 6.20. The predicted octanol–water partition coefficient (Wildman–Crippen LogP) is 5.24. The van der Waals surface area contributed by atoms with Gasteiger partial charge in [-0.1, -0.05) is 36.9 Å². The Morgan fingerprint density at radius 2 is 2.00 bits per heavy atom. The van der Waals surface area contributed by atoms with E-state index < -0.39 is 18.3 Å². The largest absolute Gasteiger partial charge is 0.462 e. The lowest BCUT2D eigenvalue weighted by Gasteiger charge is -2.42. The zero-order valence-corrected chi connectivity index (χ0v) is 23.7. The van der Waals surface area contributed by atoms with E-state index in [1.54, 1.807) is 11.8 Å². The lowest BCUT2D eigenvalue weighted by atomic mass is 9.85. The number of rotatable bonds is 6. The molecular formula is C32H37F2N5O2. The maximum absolute atomic E-state index is 15.0. The fourth-order valence-electron chi connectivity index (χ4n) is 6.72. The number of nitrogens with zero attached hydrogens (tertiary/aromatic N) is 5. The highest BCUT2D eigenvalue weighted by atomic mass is 19.2. The zero-order valence-electron chi connectivity index (χ0n) is 23.7. The molecule has 6 rings (SSSR count). The van der Waals surface area contributed by atoms with Crippen molar-refractivity contribution in [2.75, 3.05) is 33.3 Å². The number of hydrogen-bond acceptors (Lipinski definition) is 6. The summed E-state index contributed by atoms with van der Waals surface area (Å²) in [7, 11) is 1.88. The quantitative estimate of drug-likeness (QED) is 0.303. The molecular weight excluding hydrogens is 524 g/mol. The number of benzene rings is 2. The van der Waals surface area contributed by atoms with Gasteiger partial charge in [0.2, 0.25) is 5.91 Å². The normalized spacial score (nSPS) is 25.3. The number of aromatic nitrogens is 2. The molecule has 2 aromatic carbocycles. The van der Waals surface area contributed by atoms with Gasteiger partial charge >= 0.3 is 6.01 Å². The van der Waals surface area contributed by atoms with Crippen LogP contribution in [0.5, 0.6) is 6.01 Å². The second kappa shape index (κ2) is 11.4. The number of alkyl halides is 1. The van der Waals surface area contributed by atoms with Gasteiger partial charge in [-0.25, -0.2) is 4.39 Å². The minimum absolute atomic E-state index is 0.0938. The first kappa shape index (κ1) is 27.7. The van der Waals surface area contributed by atoms with E-state index in [2.05, 4.69) is 30.8 Å². The molecule has 216 valence electrons. The van der Waals surface area contributed by atoms with Crippen LogP contribution in [0, 0.1) is 0 Å². The minimum atomic E-state index is -0.891. The molecule has 3 aliphatic rings. The van der Waals surface area contributed by atoms with Crippen molar-refractivity contribution in [2.45, 2.75) is 63.3 Å². The number of aryl methyl sites for hydroxylation is 1. The average molecular weight is 562 g/mol. The number of hydrogen-bond donors (Lipinski definition) is 0. The Morgan fingerprint density at radius 3 is 2.78 bits per heavy atom. The summed E-state index contributed by atoms with van der Waals surface area (Å²) in [4.78, 5) is 26.1. The molecule has 1 aliphatic carbocycles. The monoisotopic (exact) mass is 561 g/mol. The van der Waals surface area contributed by atoms with Gasteiger partial charge in [0.05, 0.1) is 23.3 Å². The summed E-state index contributed by atoms with van der Waals surface area (Å²) >= 11 is 0. The Kier molecular flexibility index (Phi) is 7.74. The molecule has 1 aromatic heterocycles. The SMILES string of the molecule is C=CC(=O)N1CCN(F)C(C)C1c1nc(OC[C@@H]2C[C@@H](F)CN2C)nc2cc(-c3cccc4c3CCCC4)ccc12. The van der Waals surface area contributed by atoms with Crippen LogP contribution < -0.4 is 4.74 Å². The molecule has 2 fully saturated rings. The molecule has 9 heteroatoms. The molecule has 41 heavy (non-hydrogen) atoms. The number of piperazine rings is 1. The second-order valence-corrected chi connectivity index (χ2v) is 11.6. The summed E-state index contributed by atoms with van der Waals surface area (Å²) in [6.45, 7) is 6.33. The average Bonchev–Trinajstić information content (AvgIpc) is 3.32. The molecule has 3 heterocycles. The van der Waals surface area contributed by atoms with E-state index in [4.69, 9.17) is 14.7 Å². The molecule has 7 nitrogen and oxygen atoms in total. The smallest absolute Gasteiger partial charge is 0.317 e. The van der Waals surface area contributed by atoms with Crippen molar-refractivity contribution in [3.63, 3.8) is 0 Å². The number of ether oxygens (including phenoxy) is 1. The van der Waals surface area contributed by atoms with Gasteiger partial charge in [0.1, 0.15) is 12.8 Å². The third kappa shape index (κ3) is 5.33. The van der Waals surface area contributed by atoms with E-state index in [1.165, 1.54) is 35.6 Å². The molecule has 4 atom stereocenters. The van der Waals surface area contributed by atoms with Crippen LogP contribution in [0.15, 0.2) is 49.1 Å². The van der Waals surface area contributed by atoms with Crippen molar-refractivity contribution >= 4 is 16.8 Å². The van der Waals surface area contributed by atoms with Gasteiger partial charge < -0.3 is 9.64 Å². The van der Waals surface area contributed by atoms with Crippen molar-refractivity contribution in [1.29, 1.82) is 0 Å². The van der Waals surface area contributed by atoms with E-state index in [0.717, 1.165) is 28.9 Å². The third-order valence-electron chi connectivity index (χ3n) is 8.98. The molecule has 2 aliphatic heterocycles. The lowest BCUT2D eigenvalue weighted by molar-refractivity contribution is -0.142. The van der Waals surface area contributed by atoms with Crippen LogP contribution in [-0.2, 0) is 17.6 Å². The first-order chi connectivity index (χ1) is 19.8. The molecule has 3 aromatic rings. The molecule has 0 spiro atoms. The maximum Gasteiger partial charge on any atom is 0.317 e.